The van der Waals surface area contributed by atoms with Gasteiger partial charge >= 0.3 is 6.18 Å². The molecular weight excluding hydrogens is 257 g/mol. The molecule has 2 rings (SSSR count). The van der Waals surface area contributed by atoms with E-state index in [-0.39, 0.29) is 22.9 Å². The van der Waals surface area contributed by atoms with Crippen molar-refractivity contribution in [3.63, 3.8) is 0 Å². The fourth-order valence-corrected chi connectivity index (χ4v) is 1.82. The number of halogens is 3. The number of anilines is 1. The Morgan fingerprint density at radius 2 is 1.84 bits per heavy atom. The Morgan fingerprint density at radius 1 is 1.21 bits per heavy atom. The molecule has 0 unspecified atom stereocenters. The van der Waals surface area contributed by atoms with E-state index >= 15 is 0 Å². The molecule has 0 bridgehead atoms. The Hall–Kier alpha value is -1.98. The third-order valence-corrected chi connectivity index (χ3v) is 2.53. The van der Waals surface area contributed by atoms with E-state index in [9.17, 15) is 13.2 Å². The van der Waals surface area contributed by atoms with Gasteiger partial charge in [-0.3, -0.25) is 0 Å². The van der Waals surface area contributed by atoms with E-state index in [0.29, 0.717) is 0 Å². The number of hydrogen-bond donors (Lipinski definition) is 1. The minimum Gasteiger partial charge on any atom is -0.473 e. The molecule has 0 aliphatic heterocycles. The molecule has 0 aliphatic rings. The summed E-state index contributed by atoms with van der Waals surface area (Å²) in [7, 11) is 0. The number of pyridine rings is 1. The van der Waals surface area contributed by atoms with Gasteiger partial charge in [-0.2, -0.15) is 13.2 Å². The number of fused-ring (bicyclic) bond motifs is 1. The summed E-state index contributed by atoms with van der Waals surface area (Å²) < 4.78 is 44.7. The third kappa shape index (κ3) is 2.57. The summed E-state index contributed by atoms with van der Waals surface area (Å²) in [6.07, 6.45) is -4.86. The van der Waals surface area contributed by atoms with E-state index in [1.54, 1.807) is 19.9 Å². The van der Waals surface area contributed by atoms with E-state index < -0.39 is 17.4 Å². The lowest BCUT2D eigenvalue weighted by Gasteiger charge is -2.17. The topological polar surface area (TPSA) is 48.1 Å². The highest BCUT2D eigenvalue weighted by molar-refractivity contribution is 5.88. The summed E-state index contributed by atoms with van der Waals surface area (Å²) >= 11 is 0. The second-order valence-electron chi connectivity index (χ2n) is 4.39. The Morgan fingerprint density at radius 3 is 2.42 bits per heavy atom. The van der Waals surface area contributed by atoms with Crippen molar-refractivity contribution in [1.82, 2.24) is 4.98 Å². The lowest BCUT2D eigenvalue weighted by molar-refractivity contribution is -0.135. The van der Waals surface area contributed by atoms with Crippen LogP contribution >= 0.6 is 0 Å². The normalized spacial score (nSPS) is 12.1. The first-order chi connectivity index (χ1) is 8.80. The van der Waals surface area contributed by atoms with Crippen molar-refractivity contribution in [2.45, 2.75) is 26.1 Å². The molecule has 0 fully saturated rings. The number of rotatable bonds is 2. The molecule has 1 heterocycles. The van der Waals surface area contributed by atoms with Crippen molar-refractivity contribution in [2.75, 3.05) is 5.73 Å². The van der Waals surface area contributed by atoms with Crippen LogP contribution in [-0.4, -0.2) is 11.1 Å². The second kappa shape index (κ2) is 4.60. The standard InChI is InChI=1S/C13H13F3N2O/c1-7(2)19-12-11(17)10(13(14,15)16)8-5-3-4-6-9(8)18-12/h3-7H,17H2,1-2H3. The molecule has 3 nitrogen and oxygen atoms in total. The lowest BCUT2D eigenvalue weighted by Crippen LogP contribution is -2.15. The lowest BCUT2D eigenvalue weighted by atomic mass is 10.1. The predicted molar refractivity (Wildman–Crippen MR) is 66.9 cm³/mol. The van der Waals surface area contributed by atoms with E-state index in [1.165, 1.54) is 18.2 Å². The third-order valence-electron chi connectivity index (χ3n) is 2.53. The molecule has 0 saturated heterocycles. The van der Waals surface area contributed by atoms with Crippen LogP contribution in [0.4, 0.5) is 18.9 Å². The molecule has 0 spiro atoms. The van der Waals surface area contributed by atoms with Crippen LogP contribution in [0.25, 0.3) is 10.9 Å². The summed E-state index contributed by atoms with van der Waals surface area (Å²) in [5.41, 5.74) is 4.42. The molecule has 0 amide bonds. The summed E-state index contributed by atoms with van der Waals surface area (Å²) in [5.74, 6) is -0.180. The minimum atomic E-state index is -4.55. The molecule has 2 aromatic rings. The zero-order valence-corrected chi connectivity index (χ0v) is 10.5. The van der Waals surface area contributed by atoms with Gasteiger partial charge in [0.1, 0.15) is 5.69 Å². The van der Waals surface area contributed by atoms with Gasteiger partial charge in [0.05, 0.1) is 17.2 Å². The number of ether oxygens (including phenoxy) is 1. The summed E-state index contributed by atoms with van der Waals surface area (Å²) in [6.45, 7) is 3.40. The SMILES string of the molecule is CC(C)Oc1nc2ccccc2c(C(F)(F)F)c1N. The van der Waals surface area contributed by atoms with E-state index in [4.69, 9.17) is 10.5 Å². The van der Waals surface area contributed by atoms with Crippen LogP contribution in [-0.2, 0) is 6.18 Å². The first-order valence-electron chi connectivity index (χ1n) is 5.72. The van der Waals surface area contributed by atoms with Crippen LogP contribution in [0.5, 0.6) is 5.88 Å². The van der Waals surface area contributed by atoms with Crippen molar-refractivity contribution in [3.8, 4) is 5.88 Å². The highest BCUT2D eigenvalue weighted by atomic mass is 19.4. The van der Waals surface area contributed by atoms with Crippen LogP contribution in [0.2, 0.25) is 0 Å². The van der Waals surface area contributed by atoms with Crippen LogP contribution in [0, 0.1) is 0 Å². The maximum atomic E-state index is 13.1. The number of benzene rings is 1. The number of hydrogen-bond acceptors (Lipinski definition) is 3. The summed E-state index contributed by atoms with van der Waals surface area (Å²) in [4.78, 5) is 4.04. The monoisotopic (exact) mass is 270 g/mol. The van der Waals surface area contributed by atoms with Crippen LogP contribution < -0.4 is 10.5 Å². The van der Waals surface area contributed by atoms with Gasteiger partial charge in [0.25, 0.3) is 0 Å². The summed E-state index contributed by atoms with van der Waals surface area (Å²) in [5, 5.41) is -0.0244. The van der Waals surface area contributed by atoms with E-state index in [0.717, 1.165) is 0 Å². The first-order valence-corrected chi connectivity index (χ1v) is 5.72. The Kier molecular flexibility index (Phi) is 3.26. The highest BCUT2D eigenvalue weighted by Gasteiger charge is 2.37. The molecule has 0 aliphatic carbocycles. The van der Waals surface area contributed by atoms with Gasteiger partial charge in [-0.1, -0.05) is 18.2 Å². The molecule has 19 heavy (non-hydrogen) atoms. The van der Waals surface area contributed by atoms with Crippen molar-refractivity contribution in [2.24, 2.45) is 0 Å². The first kappa shape index (κ1) is 13.5. The molecule has 1 aromatic heterocycles. The molecule has 0 saturated carbocycles. The fraction of sp³-hybridized carbons (Fsp3) is 0.308. The molecule has 0 radical (unpaired) electrons. The van der Waals surface area contributed by atoms with E-state index in [1.807, 2.05) is 0 Å². The zero-order valence-electron chi connectivity index (χ0n) is 10.5. The minimum absolute atomic E-state index is 0.0244. The number of alkyl halides is 3. The average Bonchev–Trinajstić information content (AvgIpc) is 2.27. The smallest absolute Gasteiger partial charge is 0.419 e. The van der Waals surface area contributed by atoms with Crippen LogP contribution in [0.3, 0.4) is 0 Å². The van der Waals surface area contributed by atoms with Crippen molar-refractivity contribution < 1.29 is 17.9 Å². The maximum absolute atomic E-state index is 13.1. The predicted octanol–water partition coefficient (Wildman–Crippen LogP) is 3.62. The largest absolute Gasteiger partial charge is 0.473 e. The second-order valence-corrected chi connectivity index (χ2v) is 4.39. The van der Waals surface area contributed by atoms with Gasteiger partial charge < -0.3 is 10.5 Å². The van der Waals surface area contributed by atoms with Gasteiger partial charge in [0, 0.05) is 5.39 Å². The fourth-order valence-electron chi connectivity index (χ4n) is 1.82. The van der Waals surface area contributed by atoms with Gasteiger partial charge in [0.15, 0.2) is 0 Å². The number of nitrogens with two attached hydrogens (primary N) is 1. The molecular formula is C13H13F3N2O. The van der Waals surface area contributed by atoms with Gasteiger partial charge in [-0.15, -0.1) is 0 Å². The van der Waals surface area contributed by atoms with E-state index in [2.05, 4.69) is 4.98 Å². The Labute approximate surface area is 108 Å². The molecule has 1 aromatic carbocycles. The van der Waals surface area contributed by atoms with Crippen LogP contribution in [0.15, 0.2) is 24.3 Å². The Bertz CT molecular complexity index is 609. The summed E-state index contributed by atoms with van der Waals surface area (Å²) in [6, 6.07) is 5.98. The number of nitrogen functional groups attached to an aromatic ring is 1. The molecule has 2 N–H and O–H groups in total. The highest BCUT2D eigenvalue weighted by Crippen LogP contribution is 2.41. The van der Waals surface area contributed by atoms with Crippen LogP contribution in [0.1, 0.15) is 19.4 Å². The number of nitrogens with zero attached hydrogens (tertiary/aromatic N) is 1. The molecule has 0 atom stereocenters. The Balaban J connectivity index is 2.77. The average molecular weight is 270 g/mol. The molecule has 6 heteroatoms. The quantitative estimate of drug-likeness (QED) is 0.906. The number of para-hydroxylation sites is 1. The van der Waals surface area contributed by atoms with Crippen molar-refractivity contribution in [3.05, 3.63) is 29.8 Å². The van der Waals surface area contributed by atoms with Gasteiger partial charge in [-0.05, 0) is 19.9 Å². The zero-order chi connectivity index (χ0) is 14.2. The van der Waals surface area contributed by atoms with Gasteiger partial charge in [0.2, 0.25) is 5.88 Å². The van der Waals surface area contributed by atoms with Crippen molar-refractivity contribution >= 4 is 16.6 Å². The number of aromatic nitrogens is 1. The van der Waals surface area contributed by atoms with Gasteiger partial charge in [-0.25, -0.2) is 4.98 Å². The maximum Gasteiger partial charge on any atom is 0.419 e. The molecule has 102 valence electrons. The van der Waals surface area contributed by atoms with Crippen molar-refractivity contribution in [1.29, 1.82) is 0 Å².